The van der Waals surface area contributed by atoms with Crippen LogP contribution in [0, 0.1) is 6.92 Å². The molecule has 0 spiro atoms. The van der Waals surface area contributed by atoms with Crippen LogP contribution in [0.5, 0.6) is 11.8 Å². The van der Waals surface area contributed by atoms with Gasteiger partial charge in [0.1, 0.15) is 5.75 Å². The molecule has 0 atom stereocenters. The van der Waals surface area contributed by atoms with Gasteiger partial charge in [-0.3, -0.25) is 4.57 Å². The van der Waals surface area contributed by atoms with Crippen LogP contribution in [0.2, 0.25) is 5.02 Å². The number of aryl methyl sites for hydroxylation is 1. The summed E-state index contributed by atoms with van der Waals surface area (Å²) in [5.41, 5.74) is 5.62. The van der Waals surface area contributed by atoms with Crippen LogP contribution in [-0.4, -0.2) is 33.8 Å². The third-order valence-corrected chi connectivity index (χ3v) is 6.45. The number of aromatic carboxylic acids is 1. The van der Waals surface area contributed by atoms with Crippen molar-refractivity contribution in [2.45, 2.75) is 46.6 Å². The van der Waals surface area contributed by atoms with E-state index in [4.69, 9.17) is 26.1 Å². The highest BCUT2D eigenvalue weighted by molar-refractivity contribution is 6.31. The molecule has 1 N–H and O–H groups in total. The molecule has 188 valence electrons. The molecule has 0 fully saturated rings. The maximum absolute atomic E-state index is 11.5. The van der Waals surface area contributed by atoms with Crippen molar-refractivity contribution in [1.82, 2.24) is 9.55 Å². The Kier molecular flexibility index (Phi) is 8.16. The molecule has 4 aromatic rings. The van der Waals surface area contributed by atoms with Crippen LogP contribution in [0.15, 0.2) is 54.6 Å². The number of benzene rings is 3. The zero-order valence-electron chi connectivity index (χ0n) is 20.9. The van der Waals surface area contributed by atoms with E-state index in [9.17, 15) is 9.90 Å². The summed E-state index contributed by atoms with van der Waals surface area (Å²) in [6.45, 7) is 7.72. The maximum atomic E-state index is 11.5. The molecule has 36 heavy (non-hydrogen) atoms. The third-order valence-electron chi connectivity index (χ3n) is 6.10. The van der Waals surface area contributed by atoms with Gasteiger partial charge in [-0.25, -0.2) is 4.79 Å². The quantitative estimate of drug-likeness (QED) is 0.215. The molecule has 0 aliphatic rings. The fourth-order valence-corrected chi connectivity index (χ4v) is 4.45. The first-order valence-electron chi connectivity index (χ1n) is 12.3. The number of rotatable bonds is 11. The van der Waals surface area contributed by atoms with Gasteiger partial charge in [0.2, 0.25) is 0 Å². The van der Waals surface area contributed by atoms with Gasteiger partial charge in [0.25, 0.3) is 6.01 Å². The van der Waals surface area contributed by atoms with Gasteiger partial charge in [-0.05, 0) is 78.9 Å². The molecular formula is C29H31ClN2O4. The molecule has 0 saturated carbocycles. The molecule has 6 nitrogen and oxygen atoms in total. The number of halogens is 1. The van der Waals surface area contributed by atoms with E-state index in [2.05, 4.69) is 6.92 Å². The van der Waals surface area contributed by atoms with Crippen molar-refractivity contribution in [3.63, 3.8) is 0 Å². The summed E-state index contributed by atoms with van der Waals surface area (Å²) in [5, 5.41) is 10.0. The predicted molar refractivity (Wildman–Crippen MR) is 144 cm³/mol. The number of aromatic nitrogens is 2. The first-order chi connectivity index (χ1) is 17.4. The van der Waals surface area contributed by atoms with Crippen LogP contribution < -0.4 is 9.47 Å². The van der Waals surface area contributed by atoms with Gasteiger partial charge in [0.05, 0.1) is 36.4 Å². The molecule has 0 unspecified atom stereocenters. The number of imidazole rings is 1. The Labute approximate surface area is 216 Å². The topological polar surface area (TPSA) is 73.6 Å². The molecule has 0 aliphatic heterocycles. The van der Waals surface area contributed by atoms with E-state index in [1.165, 1.54) is 0 Å². The first kappa shape index (κ1) is 25.6. The van der Waals surface area contributed by atoms with Crippen LogP contribution in [0.1, 0.15) is 54.6 Å². The summed E-state index contributed by atoms with van der Waals surface area (Å²) in [7, 11) is 0. The van der Waals surface area contributed by atoms with Gasteiger partial charge in [0.15, 0.2) is 0 Å². The summed E-state index contributed by atoms with van der Waals surface area (Å²) in [6, 6.07) is 17.3. The number of hydrogen-bond donors (Lipinski definition) is 1. The Morgan fingerprint density at radius 3 is 2.58 bits per heavy atom. The van der Waals surface area contributed by atoms with Gasteiger partial charge in [-0.1, -0.05) is 49.6 Å². The molecule has 0 radical (unpaired) electrons. The van der Waals surface area contributed by atoms with E-state index in [1.807, 2.05) is 54.8 Å². The number of ether oxygens (including phenoxy) is 2. The number of unbranched alkanes of at least 4 members (excludes halogenated alkanes) is 2. The zero-order chi connectivity index (χ0) is 25.7. The van der Waals surface area contributed by atoms with Gasteiger partial charge in [-0.2, -0.15) is 4.98 Å². The normalized spacial score (nSPS) is 11.1. The Balaban J connectivity index is 1.71. The van der Waals surface area contributed by atoms with E-state index in [1.54, 1.807) is 18.2 Å². The van der Waals surface area contributed by atoms with Crippen LogP contribution >= 0.6 is 11.6 Å². The van der Waals surface area contributed by atoms with E-state index >= 15 is 0 Å². The zero-order valence-corrected chi connectivity index (χ0v) is 21.6. The smallest absolute Gasteiger partial charge is 0.335 e. The highest BCUT2D eigenvalue weighted by atomic mass is 35.5. The minimum atomic E-state index is -0.953. The van der Waals surface area contributed by atoms with Gasteiger partial charge in [0, 0.05) is 5.02 Å². The van der Waals surface area contributed by atoms with Crippen molar-refractivity contribution in [3.8, 4) is 22.9 Å². The van der Waals surface area contributed by atoms with E-state index < -0.39 is 5.97 Å². The summed E-state index contributed by atoms with van der Waals surface area (Å²) >= 11 is 6.66. The van der Waals surface area contributed by atoms with Crippen molar-refractivity contribution in [2.75, 3.05) is 13.2 Å². The summed E-state index contributed by atoms with van der Waals surface area (Å²) < 4.78 is 13.8. The van der Waals surface area contributed by atoms with Crippen LogP contribution in [0.25, 0.3) is 22.2 Å². The van der Waals surface area contributed by atoms with Crippen molar-refractivity contribution < 1.29 is 19.4 Å². The minimum absolute atomic E-state index is 0.248. The van der Waals surface area contributed by atoms with Crippen molar-refractivity contribution >= 4 is 28.6 Å². The number of carboxylic acids is 1. The Morgan fingerprint density at radius 1 is 1.03 bits per heavy atom. The number of hydrogen-bond acceptors (Lipinski definition) is 4. The fraction of sp³-hybridized carbons (Fsp3) is 0.310. The second-order valence-electron chi connectivity index (χ2n) is 8.77. The van der Waals surface area contributed by atoms with Gasteiger partial charge in [-0.15, -0.1) is 0 Å². The molecule has 0 bridgehead atoms. The average Bonchev–Trinajstić information content (AvgIpc) is 3.21. The monoisotopic (exact) mass is 506 g/mol. The third kappa shape index (κ3) is 5.65. The van der Waals surface area contributed by atoms with Crippen LogP contribution in [-0.2, 0) is 6.54 Å². The van der Waals surface area contributed by atoms with E-state index in [0.717, 1.165) is 58.3 Å². The molecule has 0 amide bonds. The molecule has 0 aliphatic carbocycles. The summed E-state index contributed by atoms with van der Waals surface area (Å²) in [6.07, 6.45) is 3.31. The first-order valence-corrected chi connectivity index (χ1v) is 12.7. The molecule has 4 rings (SSSR count). The second-order valence-corrected chi connectivity index (χ2v) is 9.18. The van der Waals surface area contributed by atoms with Crippen molar-refractivity contribution in [1.29, 1.82) is 0 Å². The lowest BCUT2D eigenvalue weighted by Crippen LogP contribution is -2.06. The largest absolute Gasteiger partial charge is 0.494 e. The van der Waals surface area contributed by atoms with Crippen LogP contribution in [0.3, 0.4) is 0 Å². The Morgan fingerprint density at radius 2 is 1.86 bits per heavy atom. The fourth-order valence-electron chi connectivity index (χ4n) is 4.22. The number of carboxylic acid groups (broad SMARTS) is 1. The molecule has 7 heteroatoms. The lowest BCUT2D eigenvalue weighted by Gasteiger charge is -2.13. The van der Waals surface area contributed by atoms with Crippen molar-refractivity contribution in [2.24, 2.45) is 0 Å². The standard InChI is InChI=1S/C29H31ClN2O4/c1-4-6-7-13-36-24-12-11-22(25(30)17-24)18-32-26-16-23(20-9-8-10-21(15-20)28(33)34)14-19(3)27(26)31-29(32)35-5-2/h8-12,14-17H,4-7,13,18H2,1-3H3,(H,33,34). The molecule has 0 saturated heterocycles. The molecular weight excluding hydrogens is 476 g/mol. The van der Waals surface area contributed by atoms with Gasteiger partial charge >= 0.3 is 5.97 Å². The minimum Gasteiger partial charge on any atom is -0.494 e. The summed E-state index contributed by atoms with van der Waals surface area (Å²) in [4.78, 5) is 16.3. The lowest BCUT2D eigenvalue weighted by atomic mass is 10.0. The summed E-state index contributed by atoms with van der Waals surface area (Å²) in [5.74, 6) is -0.192. The number of fused-ring (bicyclic) bond motifs is 1. The molecule has 1 aromatic heterocycles. The number of carbonyl (C=O) groups is 1. The molecule has 1 heterocycles. The lowest BCUT2D eigenvalue weighted by molar-refractivity contribution is 0.0697. The SMILES string of the molecule is CCCCCOc1ccc(Cn2c(OCC)nc3c(C)cc(-c4cccc(C(=O)O)c4)cc32)c(Cl)c1. The maximum Gasteiger partial charge on any atom is 0.335 e. The number of nitrogens with zero attached hydrogens (tertiary/aromatic N) is 2. The van der Waals surface area contributed by atoms with E-state index in [0.29, 0.717) is 30.8 Å². The average molecular weight is 507 g/mol. The second kappa shape index (κ2) is 11.5. The highest BCUT2D eigenvalue weighted by Gasteiger charge is 2.17. The Bertz CT molecular complexity index is 1380. The van der Waals surface area contributed by atoms with Crippen LogP contribution in [0.4, 0.5) is 0 Å². The molecule has 3 aromatic carbocycles. The Hall–Kier alpha value is -3.51. The van der Waals surface area contributed by atoms with Gasteiger partial charge < -0.3 is 14.6 Å². The van der Waals surface area contributed by atoms with Crippen molar-refractivity contribution in [3.05, 3.63) is 76.3 Å². The predicted octanol–water partition coefficient (Wildman–Crippen LogP) is 7.38. The van der Waals surface area contributed by atoms with E-state index in [-0.39, 0.29) is 5.56 Å². The highest BCUT2D eigenvalue weighted by Crippen LogP contribution is 2.33.